The summed E-state index contributed by atoms with van der Waals surface area (Å²) in [5.74, 6) is 0. The number of hydrogen-bond acceptors (Lipinski definition) is 3. The summed E-state index contributed by atoms with van der Waals surface area (Å²) in [5.41, 5.74) is 8.49. The van der Waals surface area contributed by atoms with Gasteiger partial charge in [-0.05, 0) is 19.4 Å². The molecule has 78 valence electrons. The van der Waals surface area contributed by atoms with Crippen LogP contribution in [0, 0.1) is 13.8 Å². The molecule has 0 saturated heterocycles. The van der Waals surface area contributed by atoms with Crippen LogP contribution in [-0.4, -0.2) is 22.9 Å². The second kappa shape index (κ2) is 4.55. The lowest BCUT2D eigenvalue weighted by Gasteiger charge is -2.17. The molecular weight excluding hydrogens is 178 g/mol. The number of aliphatic hydroxyl groups is 2. The molecule has 0 aliphatic carbocycles. The summed E-state index contributed by atoms with van der Waals surface area (Å²) in [6.45, 7) is 3.72. The molecule has 0 amide bonds. The van der Waals surface area contributed by atoms with Gasteiger partial charge in [0.2, 0.25) is 0 Å². The zero-order valence-corrected chi connectivity index (χ0v) is 8.57. The van der Waals surface area contributed by atoms with E-state index in [2.05, 4.69) is 0 Å². The second-order valence-electron chi connectivity index (χ2n) is 3.71. The largest absolute Gasteiger partial charge is 0.395 e. The van der Waals surface area contributed by atoms with Crippen molar-refractivity contribution in [1.29, 1.82) is 0 Å². The van der Waals surface area contributed by atoms with Crippen LogP contribution in [0.3, 0.4) is 0 Å². The van der Waals surface area contributed by atoms with E-state index in [0.29, 0.717) is 0 Å². The van der Waals surface area contributed by atoms with Crippen molar-refractivity contribution < 1.29 is 10.2 Å². The summed E-state index contributed by atoms with van der Waals surface area (Å²) < 4.78 is 0. The highest BCUT2D eigenvalue weighted by Gasteiger charge is 2.16. The Morgan fingerprint density at radius 2 is 1.71 bits per heavy atom. The molecule has 1 rings (SSSR count). The van der Waals surface area contributed by atoms with Gasteiger partial charge in [0.1, 0.15) is 0 Å². The van der Waals surface area contributed by atoms with E-state index in [9.17, 15) is 5.11 Å². The van der Waals surface area contributed by atoms with Crippen molar-refractivity contribution >= 4 is 0 Å². The number of aliphatic hydroxyl groups excluding tert-OH is 2. The molecule has 0 spiro atoms. The lowest BCUT2D eigenvalue weighted by molar-refractivity contribution is 0.109. The molecule has 0 radical (unpaired) electrons. The van der Waals surface area contributed by atoms with Gasteiger partial charge >= 0.3 is 0 Å². The fourth-order valence-electron chi connectivity index (χ4n) is 1.53. The second-order valence-corrected chi connectivity index (χ2v) is 3.71. The molecule has 1 aromatic rings. The first kappa shape index (κ1) is 11.2. The monoisotopic (exact) mass is 195 g/mol. The van der Waals surface area contributed by atoms with Gasteiger partial charge in [0.05, 0.1) is 18.8 Å². The third kappa shape index (κ3) is 2.54. The number of nitrogens with two attached hydrogens (primary N) is 1. The van der Waals surface area contributed by atoms with Crippen LogP contribution in [0.1, 0.15) is 22.8 Å². The molecule has 3 nitrogen and oxygen atoms in total. The van der Waals surface area contributed by atoms with Crippen LogP contribution < -0.4 is 5.73 Å². The van der Waals surface area contributed by atoms with Crippen molar-refractivity contribution in [2.45, 2.75) is 26.0 Å². The molecular formula is C11H17NO2. The Labute approximate surface area is 84.2 Å². The summed E-state index contributed by atoms with van der Waals surface area (Å²) in [4.78, 5) is 0. The van der Waals surface area contributed by atoms with Gasteiger partial charge in [0.25, 0.3) is 0 Å². The van der Waals surface area contributed by atoms with Gasteiger partial charge < -0.3 is 15.9 Å². The highest BCUT2D eigenvalue weighted by molar-refractivity contribution is 5.30. The first-order valence-corrected chi connectivity index (χ1v) is 4.67. The predicted molar refractivity (Wildman–Crippen MR) is 55.9 cm³/mol. The molecule has 0 heterocycles. The van der Waals surface area contributed by atoms with Crippen molar-refractivity contribution in [1.82, 2.24) is 0 Å². The van der Waals surface area contributed by atoms with Crippen LogP contribution in [0.5, 0.6) is 0 Å². The van der Waals surface area contributed by atoms with Crippen molar-refractivity contribution in [3.05, 3.63) is 34.9 Å². The van der Waals surface area contributed by atoms with Crippen LogP contribution in [-0.2, 0) is 0 Å². The maximum atomic E-state index is 9.75. The minimum atomic E-state index is -0.793. The molecule has 0 saturated carbocycles. The van der Waals surface area contributed by atoms with Crippen LogP contribution in [0.25, 0.3) is 0 Å². The Hall–Kier alpha value is -0.900. The summed E-state index contributed by atoms with van der Waals surface area (Å²) in [7, 11) is 0. The van der Waals surface area contributed by atoms with Gasteiger partial charge in [-0.3, -0.25) is 0 Å². The van der Waals surface area contributed by atoms with Crippen molar-refractivity contribution in [3.63, 3.8) is 0 Å². The van der Waals surface area contributed by atoms with E-state index in [-0.39, 0.29) is 6.61 Å². The Morgan fingerprint density at radius 1 is 1.21 bits per heavy atom. The zero-order valence-electron chi connectivity index (χ0n) is 8.57. The lowest BCUT2D eigenvalue weighted by Crippen LogP contribution is -2.31. The summed E-state index contributed by atoms with van der Waals surface area (Å²) in [6, 6.07) is 5.18. The first-order valence-electron chi connectivity index (χ1n) is 4.67. The van der Waals surface area contributed by atoms with E-state index < -0.39 is 12.1 Å². The molecule has 0 fully saturated rings. The van der Waals surface area contributed by atoms with E-state index >= 15 is 0 Å². The van der Waals surface area contributed by atoms with Gasteiger partial charge in [-0.1, -0.05) is 29.3 Å². The predicted octanol–water partition coefficient (Wildman–Crippen LogP) is 0.656. The van der Waals surface area contributed by atoms with Crippen LogP contribution in [0.2, 0.25) is 0 Å². The molecule has 2 unspecified atom stereocenters. The quantitative estimate of drug-likeness (QED) is 0.663. The number of rotatable bonds is 3. The summed E-state index contributed by atoms with van der Waals surface area (Å²) in [6.07, 6.45) is -0.793. The summed E-state index contributed by atoms with van der Waals surface area (Å²) >= 11 is 0. The highest BCUT2D eigenvalue weighted by Crippen LogP contribution is 2.18. The van der Waals surface area contributed by atoms with Gasteiger partial charge in [-0.25, -0.2) is 0 Å². The minimum absolute atomic E-state index is 0.214. The average molecular weight is 195 g/mol. The minimum Gasteiger partial charge on any atom is -0.395 e. The van der Waals surface area contributed by atoms with E-state index in [4.69, 9.17) is 10.8 Å². The van der Waals surface area contributed by atoms with Gasteiger partial charge in [0.15, 0.2) is 0 Å². The molecule has 4 N–H and O–H groups in total. The Bertz CT molecular complexity index is 292. The maximum absolute atomic E-state index is 9.75. The zero-order chi connectivity index (χ0) is 10.7. The van der Waals surface area contributed by atoms with Crippen molar-refractivity contribution in [2.24, 2.45) is 5.73 Å². The smallest absolute Gasteiger partial charge is 0.0963 e. The number of benzene rings is 1. The molecule has 0 aliphatic rings. The molecule has 2 atom stereocenters. The topological polar surface area (TPSA) is 66.5 Å². The van der Waals surface area contributed by atoms with Crippen molar-refractivity contribution in [3.8, 4) is 0 Å². The normalized spacial score (nSPS) is 15.2. The SMILES string of the molecule is Cc1cc(C)cc(C(O)C(N)CO)c1. The lowest BCUT2D eigenvalue weighted by atomic mass is 9.99. The van der Waals surface area contributed by atoms with E-state index in [1.807, 2.05) is 32.0 Å². The van der Waals surface area contributed by atoms with Crippen LogP contribution >= 0.6 is 0 Å². The van der Waals surface area contributed by atoms with E-state index in [1.54, 1.807) is 0 Å². The maximum Gasteiger partial charge on any atom is 0.0963 e. The van der Waals surface area contributed by atoms with Gasteiger partial charge in [0, 0.05) is 0 Å². The van der Waals surface area contributed by atoms with Crippen molar-refractivity contribution in [2.75, 3.05) is 6.61 Å². The van der Waals surface area contributed by atoms with Gasteiger partial charge in [-0.15, -0.1) is 0 Å². The fraction of sp³-hybridized carbons (Fsp3) is 0.455. The number of aryl methyl sites for hydroxylation is 2. The Balaban J connectivity index is 2.94. The van der Waals surface area contributed by atoms with E-state index in [0.717, 1.165) is 16.7 Å². The highest BCUT2D eigenvalue weighted by atomic mass is 16.3. The Morgan fingerprint density at radius 3 is 2.14 bits per heavy atom. The third-order valence-corrected chi connectivity index (χ3v) is 2.20. The molecule has 0 aliphatic heterocycles. The average Bonchev–Trinajstić information content (AvgIpc) is 2.14. The molecule has 0 bridgehead atoms. The third-order valence-electron chi connectivity index (χ3n) is 2.20. The molecule has 1 aromatic carbocycles. The summed E-state index contributed by atoms with van der Waals surface area (Å²) in [5, 5.41) is 18.6. The standard InChI is InChI=1S/C11H17NO2/c1-7-3-8(2)5-9(4-7)11(14)10(12)6-13/h3-5,10-11,13-14H,6,12H2,1-2H3. The Kier molecular flexibility index (Phi) is 3.63. The van der Waals surface area contributed by atoms with Crippen LogP contribution in [0.15, 0.2) is 18.2 Å². The molecule has 3 heteroatoms. The first-order chi connectivity index (χ1) is 6.54. The fourth-order valence-corrected chi connectivity index (χ4v) is 1.53. The van der Waals surface area contributed by atoms with Crippen LogP contribution in [0.4, 0.5) is 0 Å². The van der Waals surface area contributed by atoms with E-state index in [1.165, 1.54) is 0 Å². The molecule has 0 aromatic heterocycles. The van der Waals surface area contributed by atoms with Gasteiger partial charge in [-0.2, -0.15) is 0 Å². The number of hydrogen-bond donors (Lipinski definition) is 3. The molecule has 14 heavy (non-hydrogen) atoms.